The normalized spacial score (nSPS) is 15.2. The first-order chi connectivity index (χ1) is 12.3. The highest BCUT2D eigenvalue weighted by atomic mass is 16.1. The smallest absolute Gasteiger partial charge is 0.216 e. The highest BCUT2D eigenvalue weighted by molar-refractivity contribution is 5.59. The minimum absolute atomic E-state index is 0.198. The zero-order valence-electron chi connectivity index (χ0n) is 13.6. The number of nitrogens with zero attached hydrogens (tertiary/aromatic N) is 4. The van der Waals surface area contributed by atoms with E-state index in [0.29, 0.717) is 36.4 Å². The second kappa shape index (κ2) is 6.46. The number of aldehydes is 1. The van der Waals surface area contributed by atoms with E-state index in [1.165, 1.54) is 19.1 Å². The van der Waals surface area contributed by atoms with Gasteiger partial charge in [-0.3, -0.25) is 9.50 Å². The van der Waals surface area contributed by atoms with Crippen LogP contribution in [-0.2, 0) is 4.79 Å². The molecule has 0 amide bonds. The molecule has 0 saturated heterocycles. The zero-order chi connectivity index (χ0) is 17.2. The standard InChI is InChI=1S/C17H19N7O/c18-7-5-12(6-9-25)16-20-15-2-1-8-24(15)17(21-16)19-14-10-13(22-23-14)11-3-4-11/h1-2,7-12,18H,3-6H2,(H2,19,20,21,22,23)/t12-/m1/s1. The second-order valence-electron chi connectivity index (χ2n) is 6.29. The van der Waals surface area contributed by atoms with Crippen molar-refractivity contribution in [3.63, 3.8) is 0 Å². The third kappa shape index (κ3) is 3.15. The van der Waals surface area contributed by atoms with Crippen molar-refractivity contribution in [2.75, 3.05) is 5.32 Å². The average molecular weight is 337 g/mol. The summed E-state index contributed by atoms with van der Waals surface area (Å²) in [6.45, 7) is 0. The van der Waals surface area contributed by atoms with Gasteiger partial charge in [-0.2, -0.15) is 10.1 Å². The summed E-state index contributed by atoms with van der Waals surface area (Å²) in [7, 11) is 0. The van der Waals surface area contributed by atoms with E-state index in [9.17, 15) is 4.79 Å². The minimum Gasteiger partial charge on any atom is -0.313 e. The fourth-order valence-electron chi connectivity index (χ4n) is 2.90. The van der Waals surface area contributed by atoms with Crippen molar-refractivity contribution in [3.05, 3.63) is 35.9 Å². The number of anilines is 2. The Morgan fingerprint density at radius 2 is 2.28 bits per heavy atom. The second-order valence-corrected chi connectivity index (χ2v) is 6.29. The molecule has 1 aliphatic carbocycles. The number of aromatic nitrogens is 5. The Bertz CT molecular complexity index is 899. The Hall–Kier alpha value is -3.03. The van der Waals surface area contributed by atoms with Crippen LogP contribution in [0.3, 0.4) is 0 Å². The third-order valence-corrected chi connectivity index (χ3v) is 4.41. The SMILES string of the molecule is N=CC[C@H](CC=O)c1nc(Nc2cc(C3CC3)[nH]n2)n2cccc2n1. The topological polar surface area (TPSA) is 112 Å². The predicted molar refractivity (Wildman–Crippen MR) is 93.7 cm³/mol. The highest BCUT2D eigenvalue weighted by Gasteiger charge is 2.25. The number of H-pyrrole nitrogens is 1. The maximum Gasteiger partial charge on any atom is 0.216 e. The van der Waals surface area contributed by atoms with Crippen LogP contribution in [-0.4, -0.2) is 37.1 Å². The van der Waals surface area contributed by atoms with Crippen LogP contribution in [0, 0.1) is 5.41 Å². The number of carbonyl (C=O) groups excluding carboxylic acids is 1. The molecular formula is C17H19N7O. The van der Waals surface area contributed by atoms with Gasteiger partial charge in [0, 0.05) is 36.2 Å². The van der Waals surface area contributed by atoms with Crippen LogP contribution >= 0.6 is 0 Å². The summed E-state index contributed by atoms with van der Waals surface area (Å²) in [5.41, 5.74) is 1.88. The molecule has 1 fully saturated rings. The van der Waals surface area contributed by atoms with Crippen LogP contribution < -0.4 is 5.32 Å². The maximum absolute atomic E-state index is 11.0. The van der Waals surface area contributed by atoms with Gasteiger partial charge >= 0.3 is 0 Å². The molecular weight excluding hydrogens is 318 g/mol. The molecule has 128 valence electrons. The molecule has 4 rings (SSSR count). The number of carbonyl (C=O) groups is 1. The van der Waals surface area contributed by atoms with Crippen molar-refractivity contribution in [2.24, 2.45) is 0 Å². The molecule has 0 aliphatic heterocycles. The minimum atomic E-state index is -0.198. The lowest BCUT2D eigenvalue weighted by molar-refractivity contribution is -0.108. The van der Waals surface area contributed by atoms with E-state index in [0.717, 1.165) is 17.6 Å². The van der Waals surface area contributed by atoms with Crippen LogP contribution in [0.5, 0.6) is 0 Å². The van der Waals surface area contributed by atoms with E-state index in [1.807, 2.05) is 28.8 Å². The van der Waals surface area contributed by atoms with Crippen LogP contribution in [0.2, 0.25) is 0 Å². The molecule has 8 nitrogen and oxygen atoms in total. The summed E-state index contributed by atoms with van der Waals surface area (Å²) < 4.78 is 1.84. The number of nitrogens with one attached hydrogen (secondary N) is 3. The molecule has 0 unspecified atom stereocenters. The van der Waals surface area contributed by atoms with Crippen molar-refractivity contribution < 1.29 is 4.79 Å². The van der Waals surface area contributed by atoms with E-state index in [4.69, 9.17) is 5.41 Å². The highest BCUT2D eigenvalue weighted by Crippen LogP contribution is 2.39. The van der Waals surface area contributed by atoms with E-state index in [-0.39, 0.29) is 5.92 Å². The molecule has 0 aromatic carbocycles. The van der Waals surface area contributed by atoms with Crippen LogP contribution in [0.15, 0.2) is 24.4 Å². The zero-order valence-corrected chi connectivity index (χ0v) is 13.6. The van der Waals surface area contributed by atoms with Gasteiger partial charge < -0.3 is 15.5 Å². The van der Waals surface area contributed by atoms with Gasteiger partial charge in [0.2, 0.25) is 5.95 Å². The van der Waals surface area contributed by atoms with Gasteiger partial charge in [-0.25, -0.2) is 4.98 Å². The Morgan fingerprint density at radius 3 is 3.04 bits per heavy atom. The molecule has 3 heterocycles. The summed E-state index contributed by atoms with van der Waals surface area (Å²) >= 11 is 0. The van der Waals surface area contributed by atoms with E-state index >= 15 is 0 Å². The fraction of sp³-hybridized carbons (Fsp3) is 0.353. The predicted octanol–water partition coefficient (Wildman–Crippen LogP) is 2.79. The quantitative estimate of drug-likeness (QED) is 0.432. The summed E-state index contributed by atoms with van der Waals surface area (Å²) in [6.07, 6.45) is 7.16. The van der Waals surface area contributed by atoms with Crippen molar-refractivity contribution in [1.29, 1.82) is 5.41 Å². The van der Waals surface area contributed by atoms with E-state index in [2.05, 4.69) is 25.5 Å². The first-order valence-corrected chi connectivity index (χ1v) is 8.38. The third-order valence-electron chi connectivity index (χ3n) is 4.41. The Labute approximate surface area is 144 Å². The first kappa shape index (κ1) is 15.5. The van der Waals surface area contributed by atoms with Crippen LogP contribution in [0.4, 0.5) is 11.8 Å². The maximum atomic E-state index is 11.0. The number of hydrogen-bond donors (Lipinski definition) is 3. The summed E-state index contributed by atoms with van der Waals surface area (Å²) in [4.78, 5) is 20.1. The molecule has 1 atom stereocenters. The molecule has 0 radical (unpaired) electrons. The van der Waals surface area contributed by atoms with Gasteiger partial charge in [0.25, 0.3) is 0 Å². The Morgan fingerprint density at radius 1 is 1.40 bits per heavy atom. The molecule has 3 N–H and O–H groups in total. The van der Waals surface area contributed by atoms with Gasteiger partial charge in [0.05, 0.1) is 0 Å². The van der Waals surface area contributed by atoms with E-state index < -0.39 is 0 Å². The van der Waals surface area contributed by atoms with Crippen LogP contribution in [0.25, 0.3) is 5.65 Å². The van der Waals surface area contributed by atoms with Crippen molar-refractivity contribution in [2.45, 2.75) is 37.5 Å². The molecule has 0 bridgehead atoms. The van der Waals surface area contributed by atoms with Crippen molar-refractivity contribution in [3.8, 4) is 0 Å². The number of hydrogen-bond acceptors (Lipinski definition) is 6. The number of rotatable bonds is 8. The molecule has 8 heteroatoms. The molecule has 1 saturated carbocycles. The van der Waals surface area contributed by atoms with Gasteiger partial charge in [0.15, 0.2) is 5.82 Å². The van der Waals surface area contributed by atoms with Gasteiger partial charge in [-0.15, -0.1) is 0 Å². The lowest BCUT2D eigenvalue weighted by atomic mass is 10.0. The largest absolute Gasteiger partial charge is 0.313 e. The molecule has 0 spiro atoms. The molecule has 3 aromatic heterocycles. The Balaban J connectivity index is 1.69. The average Bonchev–Trinajstić information content (AvgIpc) is 3.16. The lowest BCUT2D eigenvalue weighted by Crippen LogP contribution is -2.11. The van der Waals surface area contributed by atoms with Gasteiger partial charge in [0.1, 0.15) is 17.8 Å². The fourth-order valence-corrected chi connectivity index (χ4v) is 2.90. The van der Waals surface area contributed by atoms with Crippen molar-refractivity contribution >= 4 is 29.9 Å². The summed E-state index contributed by atoms with van der Waals surface area (Å²) in [6, 6.07) is 5.79. The van der Waals surface area contributed by atoms with E-state index in [1.54, 1.807) is 0 Å². The van der Waals surface area contributed by atoms with Crippen molar-refractivity contribution in [1.82, 2.24) is 24.6 Å². The number of aromatic amines is 1. The Kier molecular flexibility index (Phi) is 4.01. The lowest BCUT2D eigenvalue weighted by Gasteiger charge is -2.13. The molecule has 25 heavy (non-hydrogen) atoms. The van der Waals surface area contributed by atoms with Gasteiger partial charge in [-0.1, -0.05) is 0 Å². The van der Waals surface area contributed by atoms with Gasteiger partial charge in [-0.05, 0) is 37.6 Å². The molecule has 3 aromatic rings. The van der Waals surface area contributed by atoms with Crippen LogP contribution in [0.1, 0.15) is 49.0 Å². The summed E-state index contributed by atoms with van der Waals surface area (Å²) in [5, 5.41) is 18.0. The number of fused-ring (bicyclic) bond motifs is 1. The summed E-state index contributed by atoms with van der Waals surface area (Å²) in [5.74, 6) is 2.26. The molecule has 1 aliphatic rings. The monoisotopic (exact) mass is 337 g/mol. The first-order valence-electron chi connectivity index (χ1n) is 8.38.